The second-order valence-electron chi connectivity index (χ2n) is 6.49. The Labute approximate surface area is 173 Å². The van der Waals surface area contributed by atoms with Gasteiger partial charge in [-0.05, 0) is 43.4 Å². The maximum Gasteiger partial charge on any atom is 0.387 e. The molecule has 4 rings (SSSR count). The van der Waals surface area contributed by atoms with E-state index in [1.54, 1.807) is 23.5 Å². The smallest absolute Gasteiger partial charge is 0.387 e. The number of fused-ring (bicyclic) bond motifs is 3. The van der Waals surface area contributed by atoms with Crippen LogP contribution in [0.3, 0.4) is 0 Å². The summed E-state index contributed by atoms with van der Waals surface area (Å²) in [5.74, 6) is -0.0213. The van der Waals surface area contributed by atoms with Gasteiger partial charge in [0.2, 0.25) is 5.91 Å². The number of amides is 1. The number of hydrogen-bond acceptors (Lipinski definition) is 7. The lowest BCUT2D eigenvalue weighted by Gasteiger charge is -2.11. The minimum absolute atomic E-state index is 0.0129. The van der Waals surface area contributed by atoms with Gasteiger partial charge in [0.25, 0.3) is 0 Å². The van der Waals surface area contributed by atoms with Gasteiger partial charge in [-0.25, -0.2) is 9.97 Å². The number of carbonyl (C=O) groups is 1. The van der Waals surface area contributed by atoms with Crippen LogP contribution in [0.25, 0.3) is 10.2 Å². The fourth-order valence-electron chi connectivity index (χ4n) is 3.31. The first-order chi connectivity index (χ1) is 14.0. The zero-order valence-electron chi connectivity index (χ0n) is 15.3. The molecule has 0 radical (unpaired) electrons. The third-order valence-electron chi connectivity index (χ3n) is 4.53. The number of benzene rings is 1. The van der Waals surface area contributed by atoms with Gasteiger partial charge < -0.3 is 15.8 Å². The molecule has 0 aliphatic heterocycles. The van der Waals surface area contributed by atoms with Crippen LogP contribution < -0.4 is 15.8 Å². The predicted octanol–water partition coefficient (Wildman–Crippen LogP) is 4.48. The molecule has 6 nitrogen and oxygen atoms in total. The number of hydrogen-bond donors (Lipinski definition) is 2. The molecule has 0 saturated heterocycles. The third kappa shape index (κ3) is 4.43. The number of nitrogens with zero attached hydrogens (tertiary/aromatic N) is 2. The number of aromatic nitrogens is 2. The molecule has 10 heteroatoms. The monoisotopic (exact) mass is 436 g/mol. The maximum absolute atomic E-state index is 12.5. The number of rotatable bonds is 6. The van der Waals surface area contributed by atoms with Gasteiger partial charge in [0.05, 0.1) is 16.8 Å². The lowest BCUT2D eigenvalue weighted by Crippen LogP contribution is -2.16. The Morgan fingerprint density at radius 3 is 2.90 bits per heavy atom. The van der Waals surface area contributed by atoms with Crippen molar-refractivity contribution in [1.29, 1.82) is 0 Å². The van der Waals surface area contributed by atoms with Crippen LogP contribution in [0, 0.1) is 0 Å². The standard InChI is InChI=1S/C19H18F2N4O2S2/c20-18(21)27-12-7-3-2-6-11(12)23-14(26)9-28-19-24-16(22)15-10-5-1-4-8-13(10)29-17(15)25-19/h2-3,6-7,18H,1,4-5,8-9H2,(H,23,26)(H2,22,24,25). The number of carbonyl (C=O) groups excluding carboxylic acids is 1. The molecular weight excluding hydrogens is 418 g/mol. The second-order valence-corrected chi connectivity index (χ2v) is 8.52. The minimum atomic E-state index is -2.97. The predicted molar refractivity (Wildman–Crippen MR) is 111 cm³/mol. The molecule has 1 aliphatic carbocycles. The van der Waals surface area contributed by atoms with Gasteiger partial charge in [0, 0.05) is 4.88 Å². The van der Waals surface area contributed by atoms with Gasteiger partial charge in [-0.15, -0.1) is 11.3 Å². The molecule has 0 saturated carbocycles. The summed E-state index contributed by atoms with van der Waals surface area (Å²) in [4.78, 5) is 23.4. The van der Waals surface area contributed by atoms with E-state index in [2.05, 4.69) is 20.0 Å². The third-order valence-corrected chi connectivity index (χ3v) is 6.56. The summed E-state index contributed by atoms with van der Waals surface area (Å²) in [5, 5.41) is 3.93. The van der Waals surface area contributed by atoms with Crippen LogP contribution in [0.4, 0.5) is 20.3 Å². The molecule has 29 heavy (non-hydrogen) atoms. The number of thiophene rings is 1. The SMILES string of the molecule is Nc1nc(SCC(=O)Nc2ccccc2OC(F)F)nc2sc3c(c12)CCCC3. The summed E-state index contributed by atoms with van der Waals surface area (Å²) in [7, 11) is 0. The Morgan fingerprint density at radius 1 is 1.28 bits per heavy atom. The van der Waals surface area contributed by atoms with Gasteiger partial charge in [-0.2, -0.15) is 8.78 Å². The molecular formula is C19H18F2N4O2S2. The number of nitrogen functional groups attached to an aromatic ring is 1. The molecule has 2 aromatic heterocycles. The molecule has 0 fully saturated rings. The summed E-state index contributed by atoms with van der Waals surface area (Å²) < 4.78 is 29.4. The topological polar surface area (TPSA) is 90.1 Å². The van der Waals surface area contributed by atoms with Gasteiger partial charge in [0.1, 0.15) is 16.4 Å². The quantitative estimate of drug-likeness (QED) is 0.437. The van der Waals surface area contributed by atoms with Crippen molar-refractivity contribution in [3.63, 3.8) is 0 Å². The largest absolute Gasteiger partial charge is 0.433 e. The molecule has 1 aliphatic rings. The summed E-state index contributed by atoms with van der Waals surface area (Å²) in [6, 6.07) is 6.04. The lowest BCUT2D eigenvalue weighted by atomic mass is 9.97. The van der Waals surface area contributed by atoms with Crippen molar-refractivity contribution < 1.29 is 18.3 Å². The number of thioether (sulfide) groups is 1. The summed E-state index contributed by atoms with van der Waals surface area (Å²) >= 11 is 2.79. The number of nitrogens with two attached hydrogens (primary N) is 1. The maximum atomic E-state index is 12.5. The second kappa shape index (κ2) is 8.50. The fourth-order valence-corrected chi connectivity index (χ4v) is 5.29. The van der Waals surface area contributed by atoms with Crippen LogP contribution in [0.2, 0.25) is 0 Å². The van der Waals surface area contributed by atoms with E-state index in [4.69, 9.17) is 5.73 Å². The van der Waals surface area contributed by atoms with Crippen molar-refractivity contribution in [2.45, 2.75) is 37.5 Å². The first-order valence-corrected chi connectivity index (χ1v) is 10.9. The van der Waals surface area contributed by atoms with Crippen LogP contribution >= 0.6 is 23.1 Å². The van der Waals surface area contributed by atoms with Crippen LogP contribution in [-0.4, -0.2) is 28.2 Å². The average Bonchev–Trinajstić information content (AvgIpc) is 3.06. The molecule has 152 valence electrons. The van der Waals surface area contributed by atoms with E-state index in [9.17, 15) is 13.6 Å². The molecule has 0 bridgehead atoms. The molecule has 1 amide bonds. The molecule has 0 unspecified atom stereocenters. The first-order valence-electron chi connectivity index (χ1n) is 9.05. The van der Waals surface area contributed by atoms with Crippen LogP contribution in [0.15, 0.2) is 29.4 Å². The highest BCUT2D eigenvalue weighted by Crippen LogP contribution is 2.38. The highest BCUT2D eigenvalue weighted by Gasteiger charge is 2.20. The normalized spacial score (nSPS) is 13.5. The van der Waals surface area contributed by atoms with Gasteiger partial charge in [0.15, 0.2) is 5.16 Å². The van der Waals surface area contributed by atoms with Gasteiger partial charge in [-0.3, -0.25) is 4.79 Å². The van der Waals surface area contributed by atoms with Gasteiger partial charge in [-0.1, -0.05) is 23.9 Å². The Balaban J connectivity index is 1.45. The number of ether oxygens (including phenoxy) is 1. The van der Waals surface area contributed by atoms with E-state index in [1.807, 2.05) is 0 Å². The van der Waals surface area contributed by atoms with Crippen LogP contribution in [0.1, 0.15) is 23.3 Å². The van der Waals surface area contributed by atoms with Crippen molar-refractivity contribution in [1.82, 2.24) is 9.97 Å². The molecule has 0 spiro atoms. The van der Waals surface area contributed by atoms with Crippen molar-refractivity contribution in [2.75, 3.05) is 16.8 Å². The number of anilines is 2. The number of halogens is 2. The molecule has 0 atom stereocenters. The lowest BCUT2D eigenvalue weighted by molar-refractivity contribution is -0.113. The van der Waals surface area contributed by atoms with Crippen molar-refractivity contribution >= 4 is 50.7 Å². The van der Waals surface area contributed by atoms with Crippen LogP contribution in [-0.2, 0) is 17.6 Å². The van der Waals surface area contributed by atoms with Crippen molar-refractivity contribution in [2.24, 2.45) is 0 Å². The van der Waals surface area contributed by atoms with E-state index in [1.165, 1.54) is 29.0 Å². The highest BCUT2D eigenvalue weighted by molar-refractivity contribution is 7.99. The van der Waals surface area contributed by atoms with E-state index >= 15 is 0 Å². The van der Waals surface area contributed by atoms with Crippen LogP contribution in [0.5, 0.6) is 5.75 Å². The first kappa shape index (κ1) is 19.8. The zero-order chi connectivity index (χ0) is 20.4. The van der Waals surface area contributed by atoms with E-state index in [0.717, 1.165) is 41.2 Å². The Bertz CT molecular complexity index is 1060. The molecule has 3 N–H and O–H groups in total. The Morgan fingerprint density at radius 2 is 2.07 bits per heavy atom. The zero-order valence-corrected chi connectivity index (χ0v) is 16.9. The number of para-hydroxylation sites is 2. The van der Waals surface area contributed by atoms with E-state index in [-0.39, 0.29) is 23.1 Å². The highest BCUT2D eigenvalue weighted by atomic mass is 32.2. The van der Waals surface area contributed by atoms with Crippen molar-refractivity contribution in [3.8, 4) is 5.75 Å². The molecule has 2 heterocycles. The minimum Gasteiger partial charge on any atom is -0.433 e. The van der Waals surface area contributed by atoms with E-state index < -0.39 is 6.61 Å². The van der Waals surface area contributed by atoms with E-state index in [0.29, 0.717) is 11.0 Å². The summed E-state index contributed by atoms with van der Waals surface area (Å²) in [6.07, 6.45) is 4.36. The number of alkyl halides is 2. The number of nitrogens with one attached hydrogen (secondary N) is 1. The van der Waals surface area contributed by atoms with Gasteiger partial charge >= 0.3 is 6.61 Å². The summed E-state index contributed by atoms with van der Waals surface area (Å²) in [5.41, 5.74) is 7.62. The summed E-state index contributed by atoms with van der Waals surface area (Å²) in [6.45, 7) is -2.97. The molecule has 3 aromatic rings. The fraction of sp³-hybridized carbons (Fsp3) is 0.316. The number of aryl methyl sites for hydroxylation is 2. The average molecular weight is 437 g/mol. The molecule has 1 aromatic carbocycles. The Kier molecular flexibility index (Phi) is 5.81. The van der Waals surface area contributed by atoms with Crippen molar-refractivity contribution in [3.05, 3.63) is 34.7 Å². The Hall–Kier alpha value is -2.46.